The highest BCUT2D eigenvalue weighted by molar-refractivity contribution is 5.59. The summed E-state index contributed by atoms with van der Waals surface area (Å²) < 4.78 is 39.5. The molecule has 0 bridgehead atoms. The number of carboxylic acid groups (broad SMARTS) is 1. The number of nitrogens with one attached hydrogen (secondary N) is 1. The van der Waals surface area contributed by atoms with Crippen molar-refractivity contribution in [1.82, 2.24) is 5.32 Å². The molecule has 0 radical (unpaired) electrons. The highest BCUT2D eigenvalue weighted by atomic mass is 19.3. The molecule has 1 aromatic rings. The zero-order valence-corrected chi connectivity index (χ0v) is 13.6. The molecule has 1 atom stereocenters. The molecular weight excluding hydrogens is 358 g/mol. The summed E-state index contributed by atoms with van der Waals surface area (Å²) in [5.41, 5.74) is -0.283. The Balaban J connectivity index is 2.49. The van der Waals surface area contributed by atoms with Crippen LogP contribution in [-0.2, 0) is 4.74 Å². The Labute approximate surface area is 145 Å². The molecule has 1 aromatic carbocycles. The van der Waals surface area contributed by atoms with Gasteiger partial charge < -0.3 is 24.6 Å². The van der Waals surface area contributed by atoms with Crippen molar-refractivity contribution in [2.24, 2.45) is 0 Å². The second-order valence-corrected chi connectivity index (χ2v) is 5.07. The number of rotatable bonds is 6. The molecule has 11 heteroatoms. The van der Waals surface area contributed by atoms with E-state index in [9.17, 15) is 23.7 Å². The summed E-state index contributed by atoms with van der Waals surface area (Å²) in [5, 5.41) is 22.9. The van der Waals surface area contributed by atoms with Crippen molar-refractivity contribution in [2.45, 2.75) is 26.6 Å². The van der Waals surface area contributed by atoms with Crippen molar-refractivity contribution >= 4 is 6.16 Å². The summed E-state index contributed by atoms with van der Waals surface area (Å²) in [7, 11) is 0. The first-order valence-corrected chi connectivity index (χ1v) is 7.15. The lowest BCUT2D eigenvalue weighted by Crippen LogP contribution is -2.37. The van der Waals surface area contributed by atoms with E-state index in [2.05, 4.69) is 14.8 Å². The third kappa shape index (κ3) is 4.18. The number of nitro groups is 1. The predicted octanol–water partition coefficient (Wildman–Crippen LogP) is 3.07. The SMILES string of the molecule is CC1=C(OC(=O)O)C(Oc2ccccc2OC(F)F)C([N+](=O)[O-])=C(C)N1. The molecule has 140 valence electrons. The minimum absolute atomic E-state index is 0.0856. The van der Waals surface area contributed by atoms with Crippen LogP contribution in [0.4, 0.5) is 13.6 Å². The molecule has 0 amide bonds. The lowest BCUT2D eigenvalue weighted by atomic mass is 10.1. The van der Waals surface area contributed by atoms with E-state index >= 15 is 0 Å². The number of hydrogen-bond donors (Lipinski definition) is 2. The zero-order chi connectivity index (χ0) is 19.4. The van der Waals surface area contributed by atoms with E-state index < -0.39 is 29.5 Å². The van der Waals surface area contributed by atoms with Gasteiger partial charge in [0.1, 0.15) is 0 Å². The molecule has 1 aliphatic heterocycles. The minimum Gasteiger partial charge on any atom is -0.467 e. The molecule has 1 heterocycles. The topological polar surface area (TPSA) is 120 Å². The molecule has 1 unspecified atom stereocenters. The van der Waals surface area contributed by atoms with Gasteiger partial charge in [-0.15, -0.1) is 0 Å². The first-order chi connectivity index (χ1) is 12.2. The fraction of sp³-hybridized carbons (Fsp3) is 0.267. The summed E-state index contributed by atoms with van der Waals surface area (Å²) in [6.45, 7) is -0.333. The zero-order valence-electron chi connectivity index (χ0n) is 13.6. The van der Waals surface area contributed by atoms with E-state index in [-0.39, 0.29) is 28.7 Å². The standard InChI is InChI=1S/C15H14F2N2O7/c1-7-11(19(22)23)13(12(8(2)18-7)26-15(20)21)24-9-5-3-4-6-10(9)25-14(16)17/h3-6,13-14,18H,1-2H3,(H,20,21). The fourth-order valence-electron chi connectivity index (χ4n) is 2.36. The van der Waals surface area contributed by atoms with Gasteiger partial charge in [0.25, 0.3) is 0 Å². The summed E-state index contributed by atoms with van der Waals surface area (Å²) in [4.78, 5) is 21.6. The number of dihydropyridines is 1. The van der Waals surface area contributed by atoms with Crippen LogP contribution in [0, 0.1) is 10.1 Å². The van der Waals surface area contributed by atoms with Crippen LogP contribution >= 0.6 is 0 Å². The Kier molecular flexibility index (Phi) is 5.60. The third-order valence-electron chi connectivity index (χ3n) is 3.32. The van der Waals surface area contributed by atoms with Gasteiger partial charge in [0, 0.05) is 0 Å². The number of nitrogens with zero attached hydrogens (tertiary/aromatic N) is 1. The molecule has 26 heavy (non-hydrogen) atoms. The van der Waals surface area contributed by atoms with E-state index in [1.54, 1.807) is 0 Å². The van der Waals surface area contributed by atoms with Crippen molar-refractivity contribution in [3.63, 3.8) is 0 Å². The summed E-state index contributed by atoms with van der Waals surface area (Å²) in [5.74, 6) is -0.999. The quantitative estimate of drug-likeness (QED) is 0.444. The van der Waals surface area contributed by atoms with Gasteiger partial charge in [0.05, 0.1) is 16.3 Å². The molecule has 0 aromatic heterocycles. The van der Waals surface area contributed by atoms with Crippen LogP contribution < -0.4 is 14.8 Å². The van der Waals surface area contributed by atoms with Gasteiger partial charge in [-0.1, -0.05) is 12.1 Å². The number of allylic oxidation sites excluding steroid dienone is 2. The van der Waals surface area contributed by atoms with Crippen LogP contribution in [0.5, 0.6) is 11.5 Å². The van der Waals surface area contributed by atoms with Gasteiger partial charge in [-0.05, 0) is 26.0 Å². The summed E-state index contributed by atoms with van der Waals surface area (Å²) >= 11 is 0. The van der Waals surface area contributed by atoms with Crippen molar-refractivity contribution in [3.05, 3.63) is 57.2 Å². The number of hydrogen-bond acceptors (Lipinski definition) is 7. The molecule has 0 fully saturated rings. The normalized spacial score (nSPS) is 17.0. The molecular formula is C15H14F2N2O7. The van der Waals surface area contributed by atoms with Crippen molar-refractivity contribution in [1.29, 1.82) is 0 Å². The first-order valence-electron chi connectivity index (χ1n) is 7.15. The lowest BCUT2D eigenvalue weighted by molar-refractivity contribution is -0.436. The fourth-order valence-corrected chi connectivity index (χ4v) is 2.36. The number of ether oxygens (including phenoxy) is 3. The third-order valence-corrected chi connectivity index (χ3v) is 3.32. The van der Waals surface area contributed by atoms with E-state index in [1.165, 1.54) is 38.1 Å². The second-order valence-electron chi connectivity index (χ2n) is 5.07. The Morgan fingerprint density at radius 2 is 1.88 bits per heavy atom. The summed E-state index contributed by atoms with van der Waals surface area (Å²) in [6, 6.07) is 5.27. The van der Waals surface area contributed by atoms with Gasteiger partial charge in [-0.25, -0.2) is 4.79 Å². The number of halogens is 2. The van der Waals surface area contributed by atoms with Gasteiger partial charge in [0.2, 0.25) is 6.10 Å². The van der Waals surface area contributed by atoms with Crippen LogP contribution in [-0.4, -0.2) is 28.9 Å². The molecule has 9 nitrogen and oxygen atoms in total. The van der Waals surface area contributed by atoms with Crippen molar-refractivity contribution < 1.29 is 37.8 Å². The minimum atomic E-state index is -3.15. The van der Waals surface area contributed by atoms with E-state index in [0.29, 0.717) is 0 Å². The maximum atomic E-state index is 12.5. The Bertz CT molecular complexity index is 792. The number of benzene rings is 1. The lowest BCUT2D eigenvalue weighted by Gasteiger charge is -2.26. The Morgan fingerprint density at radius 1 is 1.27 bits per heavy atom. The highest BCUT2D eigenvalue weighted by Crippen LogP contribution is 2.34. The van der Waals surface area contributed by atoms with E-state index in [4.69, 9.17) is 9.84 Å². The van der Waals surface area contributed by atoms with Crippen LogP contribution in [0.15, 0.2) is 47.1 Å². The smallest absolute Gasteiger partial charge is 0.467 e. The molecule has 0 saturated heterocycles. The van der Waals surface area contributed by atoms with Crippen LogP contribution in [0.1, 0.15) is 13.8 Å². The molecule has 0 aliphatic carbocycles. The highest BCUT2D eigenvalue weighted by Gasteiger charge is 2.41. The number of para-hydroxylation sites is 2. The Hall–Kier alpha value is -3.37. The van der Waals surface area contributed by atoms with E-state index in [0.717, 1.165) is 0 Å². The van der Waals surface area contributed by atoms with Crippen molar-refractivity contribution in [2.75, 3.05) is 0 Å². The molecule has 0 saturated carbocycles. The monoisotopic (exact) mass is 372 g/mol. The van der Waals surface area contributed by atoms with Gasteiger partial charge in [-0.3, -0.25) is 10.1 Å². The maximum absolute atomic E-state index is 12.5. The number of carbonyl (C=O) groups is 1. The Morgan fingerprint density at radius 3 is 2.42 bits per heavy atom. The number of alkyl halides is 2. The summed E-state index contributed by atoms with van der Waals surface area (Å²) in [6.07, 6.45) is -3.31. The molecule has 1 aliphatic rings. The average Bonchev–Trinajstić information content (AvgIpc) is 2.51. The maximum Gasteiger partial charge on any atom is 0.511 e. The van der Waals surface area contributed by atoms with Gasteiger partial charge >= 0.3 is 18.5 Å². The van der Waals surface area contributed by atoms with Crippen LogP contribution in [0.25, 0.3) is 0 Å². The van der Waals surface area contributed by atoms with Crippen LogP contribution in [0.3, 0.4) is 0 Å². The van der Waals surface area contributed by atoms with Crippen molar-refractivity contribution in [3.8, 4) is 11.5 Å². The molecule has 2 rings (SSSR count). The average molecular weight is 372 g/mol. The van der Waals surface area contributed by atoms with E-state index in [1.807, 2.05) is 0 Å². The van der Waals surface area contributed by atoms with Gasteiger partial charge in [0.15, 0.2) is 17.3 Å². The second kappa shape index (κ2) is 7.68. The van der Waals surface area contributed by atoms with Gasteiger partial charge in [-0.2, -0.15) is 8.78 Å². The van der Waals surface area contributed by atoms with Crippen LogP contribution in [0.2, 0.25) is 0 Å². The predicted molar refractivity (Wildman–Crippen MR) is 82.1 cm³/mol. The largest absolute Gasteiger partial charge is 0.511 e. The molecule has 2 N–H and O–H groups in total. The first kappa shape index (κ1) is 19.0. The molecule has 0 spiro atoms.